The number of oxazole rings is 1. The van der Waals surface area contributed by atoms with Crippen LogP contribution in [0.15, 0.2) is 199 Å². The summed E-state index contributed by atoms with van der Waals surface area (Å²) in [6.45, 7) is 0. The van der Waals surface area contributed by atoms with Crippen LogP contribution in [0, 0.1) is 11.3 Å². The van der Waals surface area contributed by atoms with Gasteiger partial charge in [-0.15, -0.1) is 0 Å². The molecule has 1 aliphatic carbocycles. The molecule has 0 fully saturated rings. The molecule has 3 heteroatoms. The van der Waals surface area contributed by atoms with Gasteiger partial charge in [0.15, 0.2) is 5.58 Å². The Hall–Kier alpha value is -7.28. The van der Waals surface area contributed by atoms with Crippen molar-refractivity contribution >= 4 is 11.1 Å². The standard InChI is InChI=1S/C51H32N2O/c52-33-34-12-9-13-35(28-34)36-14-10-15-37(29-36)39-24-26-44-45-27-25-40(38-16-11-17-41(30-38)50-53-48-22-7-8-23-49(48)54-50)32-47(45)51(46(44)31-39,42-18-3-1-4-19-42)43-20-5-2-6-21-43/h1-32H. The van der Waals surface area contributed by atoms with Gasteiger partial charge < -0.3 is 4.42 Å². The highest BCUT2D eigenvalue weighted by Gasteiger charge is 2.46. The molecule has 0 radical (unpaired) electrons. The molecule has 10 rings (SSSR count). The van der Waals surface area contributed by atoms with Crippen molar-refractivity contribution in [3.05, 3.63) is 222 Å². The molecule has 0 N–H and O–H groups in total. The van der Waals surface area contributed by atoms with Crippen molar-refractivity contribution in [1.82, 2.24) is 4.98 Å². The molecule has 0 saturated heterocycles. The predicted octanol–water partition coefficient (Wildman–Crippen LogP) is 12.7. The van der Waals surface area contributed by atoms with Gasteiger partial charge in [-0.25, -0.2) is 4.98 Å². The molecule has 0 unspecified atom stereocenters. The van der Waals surface area contributed by atoms with Gasteiger partial charge in [-0.05, 0) is 121 Å². The molecule has 0 amide bonds. The van der Waals surface area contributed by atoms with Crippen molar-refractivity contribution < 1.29 is 4.42 Å². The average Bonchev–Trinajstić information content (AvgIpc) is 3.82. The van der Waals surface area contributed by atoms with Crippen LogP contribution in [0.4, 0.5) is 0 Å². The fourth-order valence-corrected chi connectivity index (χ4v) is 8.32. The van der Waals surface area contributed by atoms with Gasteiger partial charge in [0, 0.05) is 5.56 Å². The van der Waals surface area contributed by atoms with Gasteiger partial charge in [-0.2, -0.15) is 5.26 Å². The summed E-state index contributed by atoms with van der Waals surface area (Å²) in [5.41, 5.74) is 16.6. The number of aromatic nitrogens is 1. The molecule has 1 aromatic heterocycles. The summed E-state index contributed by atoms with van der Waals surface area (Å²) in [5, 5.41) is 9.55. The fourth-order valence-electron chi connectivity index (χ4n) is 8.32. The maximum absolute atomic E-state index is 9.55. The molecule has 0 aliphatic heterocycles. The summed E-state index contributed by atoms with van der Waals surface area (Å²) >= 11 is 0. The van der Waals surface area contributed by atoms with Crippen molar-refractivity contribution in [2.75, 3.05) is 0 Å². The smallest absolute Gasteiger partial charge is 0.227 e. The monoisotopic (exact) mass is 688 g/mol. The molecule has 0 saturated carbocycles. The second kappa shape index (κ2) is 12.7. The lowest BCUT2D eigenvalue weighted by atomic mass is 9.67. The van der Waals surface area contributed by atoms with Gasteiger partial charge in [0.2, 0.25) is 5.89 Å². The SMILES string of the molecule is N#Cc1cccc(-c2cccc(-c3ccc4c(c3)C(c3ccccc3)(c3ccccc3)c3cc(-c5cccc(-c6nc7ccccc7o6)c5)ccc3-4)c2)c1. The summed E-state index contributed by atoms with van der Waals surface area (Å²) in [6.07, 6.45) is 0. The Morgan fingerprint density at radius 1 is 0.426 bits per heavy atom. The molecule has 54 heavy (non-hydrogen) atoms. The summed E-state index contributed by atoms with van der Waals surface area (Å²) in [5.74, 6) is 0.615. The normalized spacial score (nSPS) is 12.6. The Labute approximate surface area is 314 Å². The van der Waals surface area contributed by atoms with Crippen molar-refractivity contribution in [3.8, 4) is 62.0 Å². The van der Waals surface area contributed by atoms with E-state index in [1.807, 2.05) is 42.5 Å². The highest BCUT2D eigenvalue weighted by atomic mass is 16.3. The van der Waals surface area contributed by atoms with E-state index in [1.54, 1.807) is 0 Å². The maximum Gasteiger partial charge on any atom is 0.227 e. The van der Waals surface area contributed by atoms with E-state index >= 15 is 0 Å². The maximum atomic E-state index is 9.55. The van der Waals surface area contributed by atoms with Crippen LogP contribution in [0.5, 0.6) is 0 Å². The fraction of sp³-hybridized carbons (Fsp3) is 0.0196. The molecule has 1 aliphatic rings. The molecule has 8 aromatic carbocycles. The van der Waals surface area contributed by atoms with Crippen molar-refractivity contribution in [3.63, 3.8) is 0 Å². The zero-order valence-corrected chi connectivity index (χ0v) is 29.3. The third-order valence-corrected chi connectivity index (χ3v) is 10.8. The zero-order valence-electron chi connectivity index (χ0n) is 29.3. The van der Waals surface area contributed by atoms with Crippen molar-refractivity contribution in [2.24, 2.45) is 0 Å². The summed E-state index contributed by atoms with van der Waals surface area (Å²) in [6, 6.07) is 70.8. The Morgan fingerprint density at radius 2 is 0.907 bits per heavy atom. The largest absolute Gasteiger partial charge is 0.436 e. The Balaban J connectivity index is 1.16. The Morgan fingerprint density at radius 3 is 1.48 bits per heavy atom. The molecule has 0 spiro atoms. The summed E-state index contributed by atoms with van der Waals surface area (Å²) in [7, 11) is 0. The van der Waals surface area contributed by atoms with Gasteiger partial charge in [0.1, 0.15) is 5.52 Å². The van der Waals surface area contributed by atoms with E-state index in [9.17, 15) is 5.26 Å². The molecule has 252 valence electrons. The van der Waals surface area contributed by atoms with E-state index in [1.165, 1.54) is 33.4 Å². The van der Waals surface area contributed by atoms with Crippen LogP contribution in [0.2, 0.25) is 0 Å². The minimum atomic E-state index is -0.574. The number of fused-ring (bicyclic) bond motifs is 4. The number of hydrogen-bond acceptors (Lipinski definition) is 3. The van der Waals surface area contributed by atoms with Crippen LogP contribution in [0.3, 0.4) is 0 Å². The van der Waals surface area contributed by atoms with E-state index in [4.69, 9.17) is 9.40 Å². The van der Waals surface area contributed by atoms with E-state index in [-0.39, 0.29) is 0 Å². The first-order valence-corrected chi connectivity index (χ1v) is 18.2. The van der Waals surface area contributed by atoms with Crippen molar-refractivity contribution in [2.45, 2.75) is 5.41 Å². The van der Waals surface area contributed by atoms with Crippen LogP contribution < -0.4 is 0 Å². The number of benzene rings is 8. The summed E-state index contributed by atoms with van der Waals surface area (Å²) < 4.78 is 6.18. The zero-order chi connectivity index (χ0) is 36.1. The molecule has 3 nitrogen and oxygen atoms in total. The quantitative estimate of drug-likeness (QED) is 0.175. The highest BCUT2D eigenvalue weighted by molar-refractivity contribution is 5.91. The van der Waals surface area contributed by atoms with Crippen molar-refractivity contribution in [1.29, 1.82) is 5.26 Å². The third-order valence-electron chi connectivity index (χ3n) is 10.8. The topological polar surface area (TPSA) is 49.8 Å². The van der Waals surface area contributed by atoms with E-state index in [0.29, 0.717) is 11.5 Å². The molecule has 0 atom stereocenters. The number of nitriles is 1. The minimum absolute atomic E-state index is 0.574. The van der Waals surface area contributed by atoms with E-state index in [2.05, 4.69) is 158 Å². The van der Waals surface area contributed by atoms with Crippen LogP contribution in [-0.4, -0.2) is 4.98 Å². The first kappa shape index (κ1) is 31.5. The molecule has 9 aromatic rings. The van der Waals surface area contributed by atoms with Gasteiger partial charge in [-0.3, -0.25) is 0 Å². The van der Waals surface area contributed by atoms with Crippen LogP contribution >= 0.6 is 0 Å². The third kappa shape index (κ3) is 5.08. The summed E-state index contributed by atoms with van der Waals surface area (Å²) in [4.78, 5) is 4.79. The van der Waals surface area contributed by atoms with Crippen LogP contribution in [0.25, 0.3) is 67.1 Å². The second-order valence-corrected chi connectivity index (χ2v) is 13.8. The van der Waals surface area contributed by atoms with E-state index in [0.717, 1.165) is 50.0 Å². The van der Waals surface area contributed by atoms with Crippen LogP contribution in [-0.2, 0) is 5.41 Å². The lowest BCUT2D eigenvalue weighted by Crippen LogP contribution is -2.28. The number of hydrogen-bond donors (Lipinski definition) is 0. The number of para-hydroxylation sites is 2. The number of nitrogens with zero attached hydrogens (tertiary/aromatic N) is 2. The van der Waals surface area contributed by atoms with Gasteiger partial charge >= 0.3 is 0 Å². The second-order valence-electron chi connectivity index (χ2n) is 13.8. The predicted molar refractivity (Wildman–Crippen MR) is 218 cm³/mol. The first-order chi connectivity index (χ1) is 26.7. The van der Waals surface area contributed by atoms with Crippen LogP contribution in [0.1, 0.15) is 27.8 Å². The number of rotatable bonds is 6. The molecule has 1 heterocycles. The lowest BCUT2D eigenvalue weighted by molar-refractivity contribution is 0.620. The van der Waals surface area contributed by atoms with E-state index < -0.39 is 5.41 Å². The minimum Gasteiger partial charge on any atom is -0.436 e. The average molecular weight is 689 g/mol. The highest BCUT2D eigenvalue weighted by Crippen LogP contribution is 2.57. The Kier molecular flexibility index (Phi) is 7.42. The van der Waals surface area contributed by atoms with Gasteiger partial charge in [-0.1, -0.05) is 140 Å². The molecular formula is C51H32N2O. The first-order valence-electron chi connectivity index (χ1n) is 18.2. The van der Waals surface area contributed by atoms with Gasteiger partial charge in [0.25, 0.3) is 0 Å². The Bertz CT molecular complexity index is 2830. The molecular weight excluding hydrogens is 657 g/mol. The lowest BCUT2D eigenvalue weighted by Gasteiger charge is -2.34. The molecule has 0 bridgehead atoms. The van der Waals surface area contributed by atoms with Gasteiger partial charge in [0.05, 0.1) is 17.0 Å².